The molecule has 2 aromatic rings. The summed E-state index contributed by atoms with van der Waals surface area (Å²) >= 11 is 5.88. The number of nitrogens with one attached hydrogen (secondary N) is 1. The molecule has 1 heterocycles. The highest BCUT2D eigenvalue weighted by molar-refractivity contribution is 6.34. The third-order valence-corrected chi connectivity index (χ3v) is 2.56. The Labute approximate surface area is 113 Å². The number of carboxylic acids is 1. The minimum Gasteiger partial charge on any atom is -0.476 e. The van der Waals surface area contributed by atoms with Crippen molar-refractivity contribution in [2.24, 2.45) is 0 Å². The molecule has 2 rings (SSSR count). The third kappa shape index (κ3) is 3.05. The predicted molar refractivity (Wildman–Crippen MR) is 68.4 cm³/mol. The number of amides is 1. The summed E-state index contributed by atoms with van der Waals surface area (Å²) in [5.41, 5.74) is 0.101. The van der Waals surface area contributed by atoms with Gasteiger partial charge < -0.3 is 10.4 Å². The number of aromatic carboxylic acids is 1. The number of nitrogens with zero attached hydrogens (tertiary/aromatic N) is 2. The summed E-state index contributed by atoms with van der Waals surface area (Å²) in [6.07, 6.45) is 2.22. The summed E-state index contributed by atoms with van der Waals surface area (Å²) in [6, 6.07) is 6.55. The van der Waals surface area contributed by atoms with Gasteiger partial charge in [-0.05, 0) is 12.1 Å². The number of carbonyl (C=O) groups is 2. The second-order valence-corrected chi connectivity index (χ2v) is 3.93. The van der Waals surface area contributed by atoms with E-state index in [4.69, 9.17) is 16.7 Å². The maximum atomic E-state index is 11.9. The average Bonchev–Trinajstić information content (AvgIpc) is 2.39. The fourth-order valence-corrected chi connectivity index (χ4v) is 1.55. The van der Waals surface area contributed by atoms with Crippen LogP contribution in [0.25, 0.3) is 0 Å². The Morgan fingerprint density at radius 3 is 2.47 bits per heavy atom. The van der Waals surface area contributed by atoms with Crippen molar-refractivity contribution >= 4 is 29.3 Å². The average molecular weight is 278 g/mol. The minimum absolute atomic E-state index is 0.148. The highest BCUT2D eigenvalue weighted by Gasteiger charge is 2.11. The lowest BCUT2D eigenvalue weighted by Crippen LogP contribution is -2.14. The van der Waals surface area contributed by atoms with Gasteiger partial charge >= 0.3 is 5.97 Å². The van der Waals surface area contributed by atoms with E-state index in [-0.39, 0.29) is 11.5 Å². The van der Waals surface area contributed by atoms with E-state index in [2.05, 4.69) is 15.3 Å². The van der Waals surface area contributed by atoms with Crippen LogP contribution in [0.3, 0.4) is 0 Å². The van der Waals surface area contributed by atoms with Gasteiger partial charge in [0.25, 0.3) is 5.91 Å². The van der Waals surface area contributed by atoms with E-state index in [9.17, 15) is 9.59 Å². The van der Waals surface area contributed by atoms with Crippen LogP contribution < -0.4 is 5.32 Å². The van der Waals surface area contributed by atoms with Gasteiger partial charge in [0.05, 0.1) is 23.0 Å². The zero-order chi connectivity index (χ0) is 13.8. The van der Waals surface area contributed by atoms with Crippen LogP contribution in [-0.4, -0.2) is 27.0 Å². The zero-order valence-corrected chi connectivity index (χ0v) is 10.3. The number of benzene rings is 1. The second-order valence-electron chi connectivity index (χ2n) is 3.53. The molecule has 0 atom stereocenters. The quantitative estimate of drug-likeness (QED) is 0.896. The zero-order valence-electron chi connectivity index (χ0n) is 9.50. The molecule has 0 saturated carbocycles. The SMILES string of the molecule is O=C(O)c1cnc(NC(=O)c2ccccc2Cl)cn1. The largest absolute Gasteiger partial charge is 0.476 e. The Morgan fingerprint density at radius 1 is 1.16 bits per heavy atom. The summed E-state index contributed by atoms with van der Waals surface area (Å²) in [5.74, 6) is -1.48. The first-order valence-corrected chi connectivity index (χ1v) is 5.57. The van der Waals surface area contributed by atoms with Gasteiger partial charge in [-0.25, -0.2) is 14.8 Å². The maximum Gasteiger partial charge on any atom is 0.356 e. The van der Waals surface area contributed by atoms with Crippen LogP contribution in [0, 0.1) is 0 Å². The molecule has 6 nitrogen and oxygen atoms in total. The van der Waals surface area contributed by atoms with Gasteiger partial charge in [-0.1, -0.05) is 23.7 Å². The Hall–Kier alpha value is -2.47. The Bertz CT molecular complexity index is 628. The highest BCUT2D eigenvalue weighted by Crippen LogP contribution is 2.16. The van der Waals surface area contributed by atoms with Gasteiger partial charge in [0.2, 0.25) is 0 Å². The van der Waals surface area contributed by atoms with Crippen molar-refractivity contribution in [2.45, 2.75) is 0 Å². The van der Waals surface area contributed by atoms with E-state index in [0.29, 0.717) is 10.6 Å². The number of carboxylic acid groups (broad SMARTS) is 1. The molecule has 0 aliphatic heterocycles. The summed E-state index contributed by atoms with van der Waals surface area (Å²) < 4.78 is 0. The van der Waals surface area contributed by atoms with Crippen LogP contribution >= 0.6 is 11.6 Å². The number of hydrogen-bond acceptors (Lipinski definition) is 4. The van der Waals surface area contributed by atoms with Crippen molar-refractivity contribution in [3.63, 3.8) is 0 Å². The molecule has 1 aromatic carbocycles. The van der Waals surface area contributed by atoms with Crippen molar-refractivity contribution in [3.8, 4) is 0 Å². The van der Waals surface area contributed by atoms with Crippen molar-refractivity contribution < 1.29 is 14.7 Å². The number of carbonyl (C=O) groups excluding carboxylic acids is 1. The maximum absolute atomic E-state index is 11.9. The number of hydrogen-bond donors (Lipinski definition) is 2. The highest BCUT2D eigenvalue weighted by atomic mass is 35.5. The van der Waals surface area contributed by atoms with Crippen LogP contribution in [0.1, 0.15) is 20.8 Å². The molecule has 0 aliphatic carbocycles. The number of anilines is 1. The Morgan fingerprint density at radius 2 is 1.89 bits per heavy atom. The molecule has 0 spiro atoms. The van der Waals surface area contributed by atoms with Crippen LogP contribution in [0.15, 0.2) is 36.7 Å². The normalized spacial score (nSPS) is 9.95. The Kier molecular flexibility index (Phi) is 3.72. The summed E-state index contributed by atoms with van der Waals surface area (Å²) in [4.78, 5) is 29.9. The fraction of sp³-hybridized carbons (Fsp3) is 0. The van der Waals surface area contributed by atoms with Crippen LogP contribution in [0.5, 0.6) is 0 Å². The molecule has 1 aromatic heterocycles. The van der Waals surface area contributed by atoms with Gasteiger partial charge in [0.15, 0.2) is 11.5 Å². The van der Waals surface area contributed by atoms with E-state index >= 15 is 0 Å². The van der Waals surface area contributed by atoms with Crippen LogP contribution in [0.4, 0.5) is 5.82 Å². The van der Waals surface area contributed by atoms with E-state index in [1.165, 1.54) is 0 Å². The first-order valence-electron chi connectivity index (χ1n) is 5.19. The third-order valence-electron chi connectivity index (χ3n) is 2.23. The van der Waals surface area contributed by atoms with Crippen molar-refractivity contribution in [3.05, 3.63) is 52.9 Å². The molecule has 2 N–H and O–H groups in total. The van der Waals surface area contributed by atoms with Gasteiger partial charge in [-0.3, -0.25) is 4.79 Å². The van der Waals surface area contributed by atoms with Gasteiger partial charge in [-0.2, -0.15) is 0 Å². The molecule has 1 amide bonds. The van der Waals surface area contributed by atoms with Crippen molar-refractivity contribution in [2.75, 3.05) is 5.32 Å². The van der Waals surface area contributed by atoms with Gasteiger partial charge in [0.1, 0.15) is 0 Å². The van der Waals surface area contributed by atoms with E-state index in [0.717, 1.165) is 12.4 Å². The van der Waals surface area contributed by atoms with Crippen LogP contribution in [0.2, 0.25) is 5.02 Å². The molecular formula is C12H8ClN3O3. The van der Waals surface area contributed by atoms with Crippen LogP contribution in [-0.2, 0) is 0 Å². The number of aromatic nitrogens is 2. The number of halogens is 1. The molecule has 0 aliphatic rings. The molecule has 96 valence electrons. The van der Waals surface area contributed by atoms with Crippen molar-refractivity contribution in [1.82, 2.24) is 9.97 Å². The molecule has 0 unspecified atom stereocenters. The first-order chi connectivity index (χ1) is 9.08. The minimum atomic E-state index is -1.18. The molecule has 7 heteroatoms. The summed E-state index contributed by atoms with van der Waals surface area (Å²) in [5, 5.41) is 11.5. The standard InChI is InChI=1S/C12H8ClN3O3/c13-8-4-2-1-3-7(8)11(17)16-10-6-14-9(5-15-10)12(18)19/h1-6H,(H,18,19)(H,15,16,17). The second kappa shape index (κ2) is 5.45. The first kappa shape index (κ1) is 13.0. The lowest BCUT2D eigenvalue weighted by Gasteiger charge is -2.05. The van der Waals surface area contributed by atoms with Gasteiger partial charge in [0, 0.05) is 0 Å². The van der Waals surface area contributed by atoms with E-state index in [1.54, 1.807) is 24.3 Å². The number of rotatable bonds is 3. The fourth-order valence-electron chi connectivity index (χ4n) is 1.33. The predicted octanol–water partition coefficient (Wildman–Crippen LogP) is 2.08. The topological polar surface area (TPSA) is 92.2 Å². The molecule has 19 heavy (non-hydrogen) atoms. The monoisotopic (exact) mass is 277 g/mol. The molecule has 0 saturated heterocycles. The lowest BCUT2D eigenvalue weighted by atomic mass is 10.2. The molecular weight excluding hydrogens is 270 g/mol. The van der Waals surface area contributed by atoms with Gasteiger partial charge in [-0.15, -0.1) is 0 Å². The summed E-state index contributed by atoms with van der Waals surface area (Å²) in [6.45, 7) is 0. The molecule has 0 fully saturated rings. The molecule has 0 radical (unpaired) electrons. The Balaban J connectivity index is 2.15. The molecule has 0 bridgehead atoms. The van der Waals surface area contributed by atoms with E-state index < -0.39 is 11.9 Å². The smallest absolute Gasteiger partial charge is 0.356 e. The van der Waals surface area contributed by atoms with Crippen molar-refractivity contribution in [1.29, 1.82) is 0 Å². The van der Waals surface area contributed by atoms with E-state index in [1.807, 2.05) is 0 Å². The lowest BCUT2D eigenvalue weighted by molar-refractivity contribution is 0.0690. The summed E-state index contributed by atoms with van der Waals surface area (Å²) in [7, 11) is 0.